The van der Waals surface area contributed by atoms with Gasteiger partial charge >= 0.3 is 0 Å². The van der Waals surface area contributed by atoms with Crippen molar-refractivity contribution in [2.75, 3.05) is 14.1 Å². The summed E-state index contributed by atoms with van der Waals surface area (Å²) in [5.74, 6) is -4.76. The molecule has 35 heavy (non-hydrogen) atoms. The van der Waals surface area contributed by atoms with Gasteiger partial charge in [0.25, 0.3) is 11.8 Å². The van der Waals surface area contributed by atoms with Crippen LogP contribution in [0, 0.1) is 17.8 Å². The second kappa shape index (κ2) is 7.08. The molecule has 6 unspecified atom stereocenters. The molecule has 3 fully saturated rings. The van der Waals surface area contributed by atoms with Crippen LogP contribution in [0.2, 0.25) is 0 Å². The van der Waals surface area contributed by atoms with Crippen LogP contribution in [0.3, 0.4) is 0 Å². The second-order valence-electron chi connectivity index (χ2n) is 9.96. The number of amides is 4. The summed E-state index contributed by atoms with van der Waals surface area (Å²) in [6.07, 6.45) is 2.10. The molecule has 4 amide bonds. The molecule has 7 nitrogen and oxygen atoms in total. The van der Waals surface area contributed by atoms with Gasteiger partial charge in [-0.25, -0.2) is 0 Å². The van der Waals surface area contributed by atoms with E-state index in [-0.39, 0.29) is 24.0 Å². The number of rotatable bonds is 1. The number of fused-ring (bicyclic) bond motifs is 5. The molecular weight excluding hydrogens is 491 g/mol. The van der Waals surface area contributed by atoms with Crippen LogP contribution in [0.5, 0.6) is 5.75 Å². The monoisotopic (exact) mass is 512 g/mol. The van der Waals surface area contributed by atoms with Crippen molar-refractivity contribution in [3.05, 3.63) is 53.6 Å². The molecule has 2 aromatic carbocycles. The summed E-state index contributed by atoms with van der Waals surface area (Å²) in [6, 6.07) is 10.8. The molecular formula is C26H22Cl2N2O5. The van der Waals surface area contributed by atoms with Crippen LogP contribution >= 0.6 is 23.2 Å². The van der Waals surface area contributed by atoms with E-state index in [1.54, 1.807) is 18.2 Å². The Bertz CT molecular complexity index is 1410. The molecule has 2 aliphatic heterocycles. The Labute approximate surface area is 211 Å². The van der Waals surface area contributed by atoms with E-state index in [4.69, 9.17) is 23.2 Å². The Hall–Kier alpha value is -2.90. The van der Waals surface area contributed by atoms with Crippen molar-refractivity contribution in [2.45, 2.75) is 28.5 Å². The van der Waals surface area contributed by atoms with Crippen molar-refractivity contribution in [3.8, 4) is 5.75 Å². The smallest absolute Gasteiger partial charge is 0.253 e. The molecule has 6 rings (SSSR count). The summed E-state index contributed by atoms with van der Waals surface area (Å²) >= 11 is 14.2. The zero-order valence-corrected chi connectivity index (χ0v) is 20.5. The number of carbonyl (C=O) groups excluding carboxylic acids is 4. The number of carbonyl (C=O) groups is 4. The minimum Gasteiger partial charge on any atom is -0.507 e. The Morgan fingerprint density at radius 1 is 0.914 bits per heavy atom. The first kappa shape index (κ1) is 22.6. The second-order valence-corrected chi connectivity index (χ2v) is 11.2. The number of phenols is 1. The van der Waals surface area contributed by atoms with Gasteiger partial charge in [-0.15, -0.1) is 23.2 Å². The third-order valence-corrected chi connectivity index (χ3v) is 9.89. The number of likely N-dealkylation sites (tertiary alicyclic amines) is 2. The first-order valence-electron chi connectivity index (χ1n) is 11.5. The van der Waals surface area contributed by atoms with E-state index in [2.05, 4.69) is 0 Å². The minimum atomic E-state index is -1.91. The molecule has 6 atom stereocenters. The highest BCUT2D eigenvalue weighted by molar-refractivity contribution is 6.53. The number of benzene rings is 2. The number of nitrogens with zero attached hydrogens (tertiary/aromatic N) is 2. The lowest BCUT2D eigenvalue weighted by Gasteiger charge is -2.50. The largest absolute Gasteiger partial charge is 0.507 e. The molecule has 2 saturated heterocycles. The maximum absolute atomic E-state index is 13.6. The fourth-order valence-corrected chi connectivity index (χ4v) is 7.76. The summed E-state index contributed by atoms with van der Waals surface area (Å²) in [5, 5.41) is 12.7. The molecule has 1 saturated carbocycles. The molecule has 0 radical (unpaired) electrons. The fourth-order valence-electron chi connectivity index (χ4n) is 6.75. The van der Waals surface area contributed by atoms with Gasteiger partial charge in [-0.2, -0.15) is 0 Å². The van der Waals surface area contributed by atoms with Crippen molar-refractivity contribution >= 4 is 57.6 Å². The lowest BCUT2D eigenvalue weighted by atomic mass is 9.56. The molecule has 4 aliphatic rings. The third-order valence-electron chi connectivity index (χ3n) is 8.48. The maximum atomic E-state index is 13.6. The average Bonchev–Trinajstić information content (AvgIpc) is 3.15. The standard InChI is InChI=1S/C26H22Cl2N2O5/c1-29-21(32)15-10-9-14-17(18(15)22(29)33)11-25(27)23(34)30(2)24(35)26(25,28)19(14)16-8-7-12-5-3-4-6-13(12)20(16)31/h3-9,15,17-19,31H,10-11H2,1-2H3. The predicted molar refractivity (Wildman–Crippen MR) is 129 cm³/mol. The van der Waals surface area contributed by atoms with Gasteiger partial charge in [-0.1, -0.05) is 48.0 Å². The van der Waals surface area contributed by atoms with Crippen molar-refractivity contribution in [2.24, 2.45) is 17.8 Å². The average molecular weight is 513 g/mol. The van der Waals surface area contributed by atoms with Crippen molar-refractivity contribution in [3.63, 3.8) is 0 Å². The van der Waals surface area contributed by atoms with Gasteiger partial charge in [0.05, 0.1) is 11.8 Å². The molecule has 9 heteroatoms. The van der Waals surface area contributed by atoms with Crippen molar-refractivity contribution in [1.82, 2.24) is 9.80 Å². The van der Waals surface area contributed by atoms with E-state index in [0.29, 0.717) is 22.9 Å². The molecule has 0 aromatic heterocycles. The molecule has 180 valence electrons. The first-order valence-corrected chi connectivity index (χ1v) is 12.2. The summed E-state index contributed by atoms with van der Waals surface area (Å²) in [6.45, 7) is 0. The van der Waals surface area contributed by atoms with Crippen LogP contribution in [-0.4, -0.2) is 62.4 Å². The van der Waals surface area contributed by atoms with Gasteiger partial charge in [0.1, 0.15) is 5.75 Å². The fraction of sp³-hybridized carbons (Fsp3) is 0.385. The minimum absolute atomic E-state index is 0.0579. The number of halogens is 2. The Kier molecular flexibility index (Phi) is 4.56. The van der Waals surface area contributed by atoms with Crippen LogP contribution in [0.1, 0.15) is 24.3 Å². The topological polar surface area (TPSA) is 95.0 Å². The number of hydrogen-bond donors (Lipinski definition) is 1. The first-order chi connectivity index (χ1) is 16.5. The summed E-state index contributed by atoms with van der Waals surface area (Å²) in [5.41, 5.74) is 1.02. The molecule has 1 N–H and O–H groups in total. The molecule has 2 aliphatic carbocycles. The van der Waals surface area contributed by atoms with Crippen LogP contribution < -0.4 is 0 Å². The number of phenolic OH excluding ortho intramolecular Hbond substituents is 1. The van der Waals surface area contributed by atoms with E-state index in [1.807, 2.05) is 24.3 Å². The maximum Gasteiger partial charge on any atom is 0.253 e. The van der Waals surface area contributed by atoms with E-state index < -0.39 is 45.2 Å². The number of hydrogen-bond acceptors (Lipinski definition) is 5. The van der Waals surface area contributed by atoms with E-state index in [9.17, 15) is 24.3 Å². The summed E-state index contributed by atoms with van der Waals surface area (Å²) < 4.78 is 0. The quantitative estimate of drug-likeness (QED) is 0.359. The van der Waals surface area contributed by atoms with E-state index in [0.717, 1.165) is 15.2 Å². The van der Waals surface area contributed by atoms with Crippen molar-refractivity contribution < 1.29 is 24.3 Å². The zero-order chi connectivity index (χ0) is 25.0. The zero-order valence-electron chi connectivity index (χ0n) is 19.0. The molecule has 0 spiro atoms. The highest BCUT2D eigenvalue weighted by Gasteiger charge is 2.76. The van der Waals surface area contributed by atoms with Crippen LogP contribution in [0.15, 0.2) is 48.0 Å². The van der Waals surface area contributed by atoms with Gasteiger partial charge in [0, 0.05) is 31.0 Å². The highest BCUT2D eigenvalue weighted by atomic mass is 35.5. The van der Waals surface area contributed by atoms with E-state index >= 15 is 0 Å². The van der Waals surface area contributed by atoms with Gasteiger partial charge in [0.2, 0.25) is 11.8 Å². The van der Waals surface area contributed by atoms with Crippen molar-refractivity contribution in [1.29, 1.82) is 0 Å². The number of imide groups is 2. The molecule has 0 bridgehead atoms. The number of alkyl halides is 2. The summed E-state index contributed by atoms with van der Waals surface area (Å²) in [7, 11) is 2.80. The third kappa shape index (κ3) is 2.53. The predicted octanol–water partition coefficient (Wildman–Crippen LogP) is 3.16. The Morgan fingerprint density at radius 3 is 2.37 bits per heavy atom. The summed E-state index contributed by atoms with van der Waals surface area (Å²) in [4.78, 5) is 51.2. The molecule has 2 aromatic rings. The van der Waals surface area contributed by atoms with Crippen LogP contribution in [0.4, 0.5) is 0 Å². The molecule has 2 heterocycles. The normalized spacial score (nSPS) is 36.4. The number of aromatic hydroxyl groups is 1. The van der Waals surface area contributed by atoms with Crippen LogP contribution in [-0.2, 0) is 19.2 Å². The Morgan fingerprint density at radius 2 is 1.63 bits per heavy atom. The SMILES string of the molecule is CN1C(=O)C2CC=C3C(CC4(Cl)C(=O)N(C)C(=O)C4(Cl)C3c3ccc4ccccc4c3O)C2C1=O. The lowest BCUT2D eigenvalue weighted by molar-refractivity contribution is -0.140. The Balaban J connectivity index is 1.63. The van der Waals surface area contributed by atoms with Gasteiger partial charge in [-0.05, 0) is 24.1 Å². The number of allylic oxidation sites excluding steroid dienone is 2. The van der Waals surface area contributed by atoms with Gasteiger partial charge in [-0.3, -0.25) is 29.0 Å². The van der Waals surface area contributed by atoms with Gasteiger partial charge < -0.3 is 5.11 Å². The van der Waals surface area contributed by atoms with Gasteiger partial charge in [0.15, 0.2) is 9.75 Å². The lowest BCUT2D eigenvalue weighted by Crippen LogP contribution is -2.60. The highest BCUT2D eigenvalue weighted by Crippen LogP contribution is 2.66. The van der Waals surface area contributed by atoms with Crippen LogP contribution in [0.25, 0.3) is 10.8 Å². The van der Waals surface area contributed by atoms with E-state index in [1.165, 1.54) is 14.1 Å².